The molecule has 0 fully saturated rings. The van der Waals surface area contributed by atoms with Gasteiger partial charge in [-0.05, 0) is 19.9 Å². The Kier molecular flexibility index (Phi) is 4.69. The quantitative estimate of drug-likeness (QED) is 0.648. The van der Waals surface area contributed by atoms with E-state index in [-0.39, 0.29) is 16.5 Å². The van der Waals surface area contributed by atoms with E-state index in [1.807, 2.05) is 13.8 Å². The summed E-state index contributed by atoms with van der Waals surface area (Å²) < 4.78 is 24.9. The molecule has 1 amide bonds. The van der Waals surface area contributed by atoms with Crippen molar-refractivity contribution in [1.29, 1.82) is 0 Å². The van der Waals surface area contributed by atoms with E-state index in [4.69, 9.17) is 0 Å². The topological polar surface area (TPSA) is 124 Å². The fourth-order valence-electron chi connectivity index (χ4n) is 2.05. The number of sulfone groups is 1. The van der Waals surface area contributed by atoms with Gasteiger partial charge in [-0.1, -0.05) is 0 Å². The summed E-state index contributed by atoms with van der Waals surface area (Å²) in [6.07, 6.45) is 2.42. The second-order valence-corrected chi connectivity index (χ2v) is 7.47. The van der Waals surface area contributed by atoms with Gasteiger partial charge in [0.15, 0.2) is 9.84 Å². The van der Waals surface area contributed by atoms with Gasteiger partial charge in [0.05, 0.1) is 16.0 Å². The Morgan fingerprint density at radius 2 is 2.00 bits per heavy atom. The first kappa shape index (κ1) is 17.6. The standard InChI is InChI=1S/C14H16N4O5S/c1-9(2)17-13(4-5-15-17)16-14(19)10-6-11(18(20)21)8-12(7-10)24(3,22)23/h4-9H,1-3H3,(H,16,19). The average Bonchev–Trinajstić information content (AvgIpc) is 2.94. The Labute approximate surface area is 138 Å². The minimum Gasteiger partial charge on any atom is -0.307 e. The first-order valence-electron chi connectivity index (χ1n) is 6.94. The van der Waals surface area contributed by atoms with Gasteiger partial charge in [-0.25, -0.2) is 13.1 Å². The van der Waals surface area contributed by atoms with Gasteiger partial charge in [-0.15, -0.1) is 0 Å². The summed E-state index contributed by atoms with van der Waals surface area (Å²) in [7, 11) is -3.70. The number of carbonyl (C=O) groups excluding carboxylic acids is 1. The number of nitrogens with one attached hydrogen (secondary N) is 1. The van der Waals surface area contributed by atoms with Crippen LogP contribution in [-0.4, -0.2) is 35.3 Å². The minimum atomic E-state index is -3.70. The molecule has 0 saturated carbocycles. The highest BCUT2D eigenvalue weighted by Crippen LogP contribution is 2.22. The molecule has 0 atom stereocenters. The lowest BCUT2D eigenvalue weighted by atomic mass is 10.2. The molecular formula is C14H16N4O5S. The summed E-state index contributed by atoms with van der Waals surface area (Å²) in [5.74, 6) is -0.256. The van der Waals surface area contributed by atoms with Crippen LogP contribution in [0.25, 0.3) is 0 Å². The summed E-state index contributed by atoms with van der Waals surface area (Å²) >= 11 is 0. The van der Waals surface area contributed by atoms with Crippen LogP contribution >= 0.6 is 0 Å². The molecule has 9 nitrogen and oxygen atoms in total. The highest BCUT2D eigenvalue weighted by Gasteiger charge is 2.20. The van der Waals surface area contributed by atoms with E-state index >= 15 is 0 Å². The number of nitrogens with zero attached hydrogens (tertiary/aromatic N) is 3. The number of hydrogen-bond donors (Lipinski definition) is 1. The Balaban J connectivity index is 2.43. The fourth-order valence-corrected chi connectivity index (χ4v) is 2.72. The molecule has 1 aromatic carbocycles. The van der Waals surface area contributed by atoms with Crippen LogP contribution in [0.5, 0.6) is 0 Å². The van der Waals surface area contributed by atoms with E-state index in [0.29, 0.717) is 5.82 Å². The van der Waals surface area contributed by atoms with Crippen molar-refractivity contribution < 1.29 is 18.1 Å². The normalized spacial score (nSPS) is 11.5. The maximum Gasteiger partial charge on any atom is 0.271 e. The number of benzene rings is 1. The number of aromatic nitrogens is 2. The number of nitro groups is 1. The molecule has 1 aromatic heterocycles. The zero-order valence-corrected chi connectivity index (χ0v) is 14.1. The Morgan fingerprint density at radius 3 is 2.54 bits per heavy atom. The van der Waals surface area contributed by atoms with Gasteiger partial charge in [0.25, 0.3) is 11.6 Å². The van der Waals surface area contributed by atoms with Crippen LogP contribution in [0.15, 0.2) is 35.4 Å². The molecule has 0 aliphatic rings. The first-order chi connectivity index (χ1) is 11.1. The van der Waals surface area contributed by atoms with Gasteiger partial charge >= 0.3 is 0 Å². The highest BCUT2D eigenvalue weighted by atomic mass is 32.2. The number of anilines is 1. The van der Waals surface area contributed by atoms with Crippen LogP contribution < -0.4 is 5.32 Å². The molecule has 1 heterocycles. The molecule has 2 aromatic rings. The number of rotatable bonds is 5. The minimum absolute atomic E-state index is 0.00742. The number of non-ortho nitro benzene ring substituents is 1. The van der Waals surface area contributed by atoms with Gasteiger partial charge in [0.2, 0.25) is 0 Å². The lowest BCUT2D eigenvalue weighted by Crippen LogP contribution is -2.17. The molecule has 0 radical (unpaired) electrons. The van der Waals surface area contributed by atoms with Crippen LogP contribution in [0.4, 0.5) is 11.5 Å². The summed E-state index contributed by atoms with van der Waals surface area (Å²) in [4.78, 5) is 22.3. The smallest absolute Gasteiger partial charge is 0.271 e. The van der Waals surface area contributed by atoms with Crippen molar-refractivity contribution in [3.05, 3.63) is 46.1 Å². The number of hydrogen-bond acceptors (Lipinski definition) is 6. The van der Waals surface area contributed by atoms with Crippen molar-refractivity contribution in [2.24, 2.45) is 0 Å². The third kappa shape index (κ3) is 3.77. The predicted octanol–water partition coefficient (Wildman–Crippen LogP) is 2.03. The van der Waals surface area contributed by atoms with Crippen molar-refractivity contribution in [3.63, 3.8) is 0 Å². The fraction of sp³-hybridized carbons (Fsp3) is 0.286. The van der Waals surface area contributed by atoms with Gasteiger partial charge in [-0.2, -0.15) is 5.10 Å². The SMILES string of the molecule is CC(C)n1nccc1NC(=O)c1cc([N+](=O)[O-])cc(S(C)(=O)=O)c1. The average molecular weight is 352 g/mol. The van der Waals surface area contributed by atoms with E-state index in [1.54, 1.807) is 10.7 Å². The molecule has 0 spiro atoms. The summed E-state index contributed by atoms with van der Waals surface area (Å²) in [5, 5.41) is 17.6. The zero-order chi connectivity index (χ0) is 18.1. The van der Waals surface area contributed by atoms with Gasteiger partial charge in [0, 0.05) is 36.1 Å². The van der Waals surface area contributed by atoms with E-state index in [0.717, 1.165) is 24.5 Å². The van der Waals surface area contributed by atoms with Gasteiger partial charge < -0.3 is 5.32 Å². The molecule has 1 N–H and O–H groups in total. The largest absolute Gasteiger partial charge is 0.307 e. The second kappa shape index (κ2) is 6.40. The lowest BCUT2D eigenvalue weighted by Gasteiger charge is -2.12. The van der Waals surface area contributed by atoms with Crippen molar-refractivity contribution in [2.75, 3.05) is 11.6 Å². The molecule has 24 heavy (non-hydrogen) atoms. The van der Waals surface area contributed by atoms with Crippen molar-refractivity contribution >= 4 is 27.2 Å². The molecule has 10 heteroatoms. The Hall–Kier alpha value is -2.75. The second-order valence-electron chi connectivity index (χ2n) is 5.45. The molecule has 0 bridgehead atoms. The molecule has 0 saturated heterocycles. The van der Waals surface area contributed by atoms with Crippen LogP contribution in [0, 0.1) is 10.1 Å². The first-order valence-corrected chi connectivity index (χ1v) is 8.83. The molecule has 128 valence electrons. The third-order valence-corrected chi connectivity index (χ3v) is 4.29. The predicted molar refractivity (Wildman–Crippen MR) is 86.8 cm³/mol. The number of carbonyl (C=O) groups is 1. The molecule has 0 aliphatic heterocycles. The summed E-state index contributed by atoms with van der Waals surface area (Å²) in [6.45, 7) is 3.75. The van der Waals surface area contributed by atoms with Gasteiger partial charge in [0.1, 0.15) is 5.82 Å². The molecule has 2 rings (SSSR count). The van der Waals surface area contributed by atoms with Crippen LogP contribution in [0.3, 0.4) is 0 Å². The Morgan fingerprint density at radius 1 is 1.33 bits per heavy atom. The molecule has 0 aliphatic carbocycles. The Bertz CT molecular complexity index is 902. The van der Waals surface area contributed by atoms with Crippen LogP contribution in [-0.2, 0) is 9.84 Å². The lowest BCUT2D eigenvalue weighted by molar-refractivity contribution is -0.385. The van der Waals surface area contributed by atoms with Crippen LogP contribution in [0.1, 0.15) is 30.2 Å². The van der Waals surface area contributed by atoms with Crippen molar-refractivity contribution in [3.8, 4) is 0 Å². The summed E-state index contributed by atoms with van der Waals surface area (Å²) in [5.41, 5.74) is -0.596. The third-order valence-electron chi connectivity index (χ3n) is 3.19. The zero-order valence-electron chi connectivity index (χ0n) is 13.3. The van der Waals surface area contributed by atoms with E-state index in [2.05, 4.69) is 10.4 Å². The maximum atomic E-state index is 12.4. The van der Waals surface area contributed by atoms with E-state index in [9.17, 15) is 23.3 Å². The summed E-state index contributed by atoms with van der Waals surface area (Å²) in [6, 6.07) is 4.62. The molecular weight excluding hydrogens is 336 g/mol. The number of amides is 1. The van der Waals surface area contributed by atoms with Crippen LogP contribution in [0.2, 0.25) is 0 Å². The van der Waals surface area contributed by atoms with E-state index < -0.39 is 26.4 Å². The van der Waals surface area contributed by atoms with E-state index in [1.165, 1.54) is 6.20 Å². The highest BCUT2D eigenvalue weighted by molar-refractivity contribution is 7.90. The monoisotopic (exact) mass is 352 g/mol. The number of nitro benzene ring substituents is 1. The molecule has 0 unspecified atom stereocenters. The maximum absolute atomic E-state index is 12.4. The van der Waals surface area contributed by atoms with Crippen molar-refractivity contribution in [1.82, 2.24) is 9.78 Å². The van der Waals surface area contributed by atoms with Crippen molar-refractivity contribution in [2.45, 2.75) is 24.8 Å². The van der Waals surface area contributed by atoms with Gasteiger partial charge in [-0.3, -0.25) is 14.9 Å².